The molecule has 12 aromatic heterocycles. The van der Waals surface area contributed by atoms with Gasteiger partial charge in [-0.3, -0.25) is 39.9 Å². The third-order valence-corrected chi connectivity index (χ3v) is 19.3. The molecule has 96 heavy (non-hydrogen) atoms. The minimum atomic E-state index is -1.01. The Labute approximate surface area is 580 Å². The molecule has 0 amide bonds. The van der Waals surface area contributed by atoms with E-state index in [1.807, 2.05) is 149 Å². The smallest absolute Gasteiger partial charge is 0.122 e. The van der Waals surface area contributed by atoms with E-state index in [0.717, 1.165) is 147 Å². The number of hydrogen-bond donors (Lipinski definition) is 0. The van der Waals surface area contributed by atoms with E-state index >= 15 is 0 Å². The second-order valence-electron chi connectivity index (χ2n) is 23.8. The number of pyridine rings is 10. The molecular formula is C76H48N18Pt2-6. The SMILES string of the molecule is CN1[CH-]N(C2(c3[c-]c(C4(c5cc[n-]n5)c5ncccc5-c5cccnc54)ccc3)c3ncccc3-c3cccnc32)c2ncccc21.CN1[CH-]N(C2(c3[c-]c(C4(c5cc[n-]n5)c5ncccc5-c5cccnc54)ccc3)c3ncccc3-c3cccnc32)c2ncccc21.[Pt].[Pt]. The molecule has 0 spiro atoms. The molecule has 4 aliphatic carbocycles. The van der Waals surface area contributed by atoms with Crippen molar-refractivity contribution in [1.82, 2.24) is 70.2 Å². The number of benzene rings is 2. The Balaban J connectivity index is 0.000000142. The number of aromatic nitrogens is 14. The van der Waals surface area contributed by atoms with Crippen molar-refractivity contribution in [3.63, 3.8) is 0 Å². The average Bonchev–Trinajstić information content (AvgIpc) is 1.53. The van der Waals surface area contributed by atoms with Crippen molar-refractivity contribution in [2.75, 3.05) is 33.7 Å². The van der Waals surface area contributed by atoms with Gasteiger partial charge in [0.15, 0.2) is 0 Å². The van der Waals surface area contributed by atoms with E-state index in [2.05, 4.69) is 163 Å². The summed E-state index contributed by atoms with van der Waals surface area (Å²) in [6, 6.07) is 65.0. The molecule has 6 aliphatic rings. The zero-order valence-electron chi connectivity index (χ0n) is 50.9. The second kappa shape index (κ2) is 22.3. The van der Waals surface area contributed by atoms with Crippen molar-refractivity contribution in [2.24, 2.45) is 0 Å². The number of anilines is 4. The van der Waals surface area contributed by atoms with E-state index in [1.54, 1.807) is 12.4 Å². The van der Waals surface area contributed by atoms with Crippen molar-refractivity contribution in [3.05, 3.63) is 349 Å². The van der Waals surface area contributed by atoms with Gasteiger partial charge in [0.2, 0.25) is 0 Å². The number of nitrogens with zero attached hydrogens (tertiary/aromatic N) is 18. The molecule has 468 valence electrons. The molecule has 18 nitrogen and oxygen atoms in total. The molecule has 0 radical (unpaired) electrons. The minimum Gasteiger partial charge on any atom is -0.581 e. The minimum absolute atomic E-state index is 0. The van der Waals surface area contributed by atoms with Gasteiger partial charge in [0.05, 0.1) is 56.4 Å². The van der Waals surface area contributed by atoms with Crippen molar-refractivity contribution in [1.29, 1.82) is 0 Å². The van der Waals surface area contributed by atoms with Gasteiger partial charge in [-0.1, -0.05) is 60.7 Å². The van der Waals surface area contributed by atoms with Gasteiger partial charge in [-0.05, 0) is 86.9 Å². The molecule has 2 aromatic carbocycles. The van der Waals surface area contributed by atoms with E-state index in [4.69, 9.17) is 49.8 Å². The van der Waals surface area contributed by atoms with Gasteiger partial charge in [0.25, 0.3) is 0 Å². The molecule has 20 rings (SSSR count). The molecule has 0 saturated carbocycles. The second-order valence-corrected chi connectivity index (χ2v) is 23.8. The molecule has 20 heteroatoms. The fraction of sp³-hybridized carbons (Fsp3) is 0.0789. The van der Waals surface area contributed by atoms with E-state index in [0.29, 0.717) is 0 Å². The van der Waals surface area contributed by atoms with Gasteiger partial charge in [-0.15, -0.1) is 22.3 Å². The van der Waals surface area contributed by atoms with Crippen molar-refractivity contribution < 1.29 is 42.1 Å². The van der Waals surface area contributed by atoms with Crippen LogP contribution in [-0.2, 0) is 64.0 Å². The Hall–Kier alpha value is -11.1. The molecule has 0 unspecified atom stereocenters. The standard InChI is InChI=1S/2C38H24N9.2Pt/c2*1-46-23-47(36-30(46)14-7-20-43-36)38(34-28(12-5-18-41-34)29-13-6-19-42-35(29)38)25-9-2-8-24(22-25)37(31-15-21-44-45-31)32-26(10-3-16-39-32)27-11-4-17-40-33(27)37;;/h2*2-21,23H,1H3;;/q2*-3;;. The van der Waals surface area contributed by atoms with Crippen LogP contribution in [0.1, 0.15) is 79.2 Å². The summed E-state index contributed by atoms with van der Waals surface area (Å²) >= 11 is 0. The van der Waals surface area contributed by atoms with Crippen LogP contribution in [-0.4, -0.2) is 74.1 Å². The maximum absolute atomic E-state index is 5.10. The third kappa shape index (κ3) is 7.70. The molecular weight excluding hydrogens is 1560 g/mol. The summed E-state index contributed by atoms with van der Waals surface area (Å²) in [6.07, 6.45) is 21.8. The first-order chi connectivity index (χ1) is 46.5. The monoisotopic (exact) mass is 1600 g/mol. The molecule has 0 bridgehead atoms. The number of rotatable bonds is 8. The Kier molecular flexibility index (Phi) is 13.6. The number of hydrogen-bond acceptors (Lipinski definition) is 16. The van der Waals surface area contributed by atoms with Crippen molar-refractivity contribution >= 4 is 23.0 Å². The topological polar surface area (TPSA) is 196 Å². The predicted octanol–water partition coefficient (Wildman–Crippen LogP) is 11.0. The predicted molar refractivity (Wildman–Crippen MR) is 352 cm³/mol. The van der Waals surface area contributed by atoms with Crippen LogP contribution in [0.25, 0.3) is 44.5 Å². The molecule has 0 N–H and O–H groups in total. The van der Waals surface area contributed by atoms with E-state index in [1.165, 1.54) is 0 Å². The molecule has 14 aromatic rings. The summed E-state index contributed by atoms with van der Waals surface area (Å²) < 4.78 is 0. The van der Waals surface area contributed by atoms with Crippen LogP contribution in [0.5, 0.6) is 0 Å². The summed E-state index contributed by atoms with van der Waals surface area (Å²) in [5.74, 6) is 1.61. The first-order valence-corrected chi connectivity index (χ1v) is 30.7. The molecule has 14 heterocycles. The van der Waals surface area contributed by atoms with Crippen LogP contribution < -0.4 is 29.8 Å². The summed E-state index contributed by atoms with van der Waals surface area (Å²) in [6.45, 7) is 4.17. The average molecular weight is 1600 g/mol. The quantitative estimate of drug-likeness (QED) is 0.130. The van der Waals surface area contributed by atoms with E-state index in [-0.39, 0.29) is 42.1 Å². The maximum Gasteiger partial charge on any atom is 0.122 e. The van der Waals surface area contributed by atoms with E-state index < -0.39 is 21.9 Å². The largest absolute Gasteiger partial charge is 0.581 e. The van der Waals surface area contributed by atoms with Gasteiger partial charge in [0.1, 0.15) is 22.7 Å². The molecule has 2 aliphatic heterocycles. The van der Waals surface area contributed by atoms with Crippen molar-refractivity contribution in [3.8, 4) is 44.5 Å². The fourth-order valence-electron chi connectivity index (χ4n) is 15.7. The van der Waals surface area contributed by atoms with Gasteiger partial charge in [-0.25, -0.2) is 9.97 Å². The zero-order valence-corrected chi connectivity index (χ0v) is 55.5. The van der Waals surface area contributed by atoms with Crippen LogP contribution in [0.3, 0.4) is 0 Å². The van der Waals surface area contributed by atoms with Crippen LogP contribution in [0.15, 0.2) is 244 Å². The van der Waals surface area contributed by atoms with Gasteiger partial charge >= 0.3 is 0 Å². The summed E-state index contributed by atoms with van der Waals surface area (Å²) in [5, 5.41) is 17.9. The fourth-order valence-corrected chi connectivity index (χ4v) is 15.7. The first-order valence-electron chi connectivity index (χ1n) is 30.7. The van der Waals surface area contributed by atoms with Crippen LogP contribution in [0.4, 0.5) is 23.0 Å². The number of fused-ring (bicyclic) bond motifs is 14. The zero-order chi connectivity index (χ0) is 62.3. The van der Waals surface area contributed by atoms with Crippen molar-refractivity contribution in [2.45, 2.75) is 21.9 Å². The van der Waals surface area contributed by atoms with Crippen LogP contribution in [0, 0.1) is 25.5 Å². The molecule has 0 atom stereocenters. The maximum atomic E-state index is 5.10. The van der Waals surface area contributed by atoms with E-state index in [9.17, 15) is 0 Å². The normalized spacial score (nSPS) is 15.6. The van der Waals surface area contributed by atoms with Gasteiger partial charge in [0, 0.05) is 171 Å². The Morgan fingerprint density at radius 2 is 0.583 bits per heavy atom. The Morgan fingerprint density at radius 1 is 0.312 bits per heavy atom. The summed E-state index contributed by atoms with van der Waals surface area (Å²) in [4.78, 5) is 58.8. The molecule has 0 fully saturated rings. The van der Waals surface area contributed by atoms with Crippen LogP contribution in [0.2, 0.25) is 0 Å². The Morgan fingerprint density at radius 3 is 0.885 bits per heavy atom. The van der Waals surface area contributed by atoms with Gasteiger partial charge in [-0.2, -0.15) is 74.3 Å². The summed E-state index contributed by atoms with van der Waals surface area (Å²) in [5.41, 5.74) is 17.9. The Bertz CT molecular complexity index is 4860. The first kappa shape index (κ1) is 58.7. The van der Waals surface area contributed by atoms with Crippen LogP contribution >= 0.6 is 0 Å². The third-order valence-electron chi connectivity index (χ3n) is 19.3. The summed E-state index contributed by atoms with van der Waals surface area (Å²) in [7, 11) is 4.07. The molecule has 0 saturated heterocycles. The van der Waals surface area contributed by atoms with Gasteiger partial charge < -0.3 is 40.0 Å².